The number of Topliss-reactive ketones (excluding diaryl/α,β-unsaturated/α-hetero) is 1. The summed E-state index contributed by atoms with van der Waals surface area (Å²) in [5.41, 5.74) is 0.924. The highest BCUT2D eigenvalue weighted by Crippen LogP contribution is 2.50. The Bertz CT molecular complexity index is 568. The Morgan fingerprint density at radius 3 is 2.21 bits per heavy atom. The van der Waals surface area contributed by atoms with Crippen molar-refractivity contribution in [2.75, 3.05) is 0 Å². The van der Waals surface area contributed by atoms with Gasteiger partial charge in [-0.15, -0.1) is 0 Å². The van der Waals surface area contributed by atoms with Crippen molar-refractivity contribution in [3.05, 3.63) is 35.9 Å². The molecule has 0 bridgehead atoms. The monoisotopic (exact) mass is 346 g/mol. The van der Waals surface area contributed by atoms with Crippen LogP contribution in [0.15, 0.2) is 30.3 Å². The third kappa shape index (κ3) is 4.37. The average Bonchev–Trinajstić information content (AvgIpc) is 2.46. The van der Waals surface area contributed by atoms with Gasteiger partial charge in [0.15, 0.2) is 8.32 Å². The van der Waals surface area contributed by atoms with Gasteiger partial charge in [-0.3, -0.25) is 4.79 Å². The van der Waals surface area contributed by atoms with Crippen LogP contribution in [0.3, 0.4) is 0 Å². The van der Waals surface area contributed by atoms with E-state index < -0.39 is 13.7 Å². The van der Waals surface area contributed by atoms with Crippen LogP contribution in [-0.4, -0.2) is 14.1 Å². The molecular weight excluding hydrogens is 312 g/mol. The molecule has 0 spiro atoms. The van der Waals surface area contributed by atoms with Gasteiger partial charge in [-0.05, 0) is 56.3 Å². The molecule has 1 aromatic carbocycles. The minimum Gasteiger partial charge on any atom is -0.410 e. The molecule has 0 amide bonds. The van der Waals surface area contributed by atoms with Crippen LogP contribution in [0, 0.1) is 16.7 Å². The summed E-state index contributed by atoms with van der Waals surface area (Å²) in [6, 6.07) is 10.3. The lowest BCUT2D eigenvalue weighted by atomic mass is 9.61. The molecule has 0 unspecified atom stereocenters. The quantitative estimate of drug-likeness (QED) is 0.625. The number of rotatable bonds is 4. The fraction of sp³-hybridized carbons (Fsp3) is 0.667. The molecule has 0 N–H and O–H groups in total. The van der Waals surface area contributed by atoms with E-state index in [1.54, 1.807) is 0 Å². The zero-order valence-corrected chi connectivity index (χ0v) is 17.5. The smallest absolute Gasteiger partial charge is 0.184 e. The Labute approximate surface area is 149 Å². The summed E-state index contributed by atoms with van der Waals surface area (Å²) < 4.78 is 6.58. The predicted octanol–water partition coefficient (Wildman–Crippen LogP) is 6.00. The van der Waals surface area contributed by atoms with Gasteiger partial charge in [0.1, 0.15) is 5.78 Å². The molecule has 24 heavy (non-hydrogen) atoms. The van der Waals surface area contributed by atoms with Crippen molar-refractivity contribution in [1.82, 2.24) is 0 Å². The summed E-state index contributed by atoms with van der Waals surface area (Å²) >= 11 is 0. The van der Waals surface area contributed by atoms with Gasteiger partial charge in [0.05, 0.1) is 11.5 Å². The van der Waals surface area contributed by atoms with E-state index >= 15 is 0 Å². The van der Waals surface area contributed by atoms with Crippen LogP contribution in [0.5, 0.6) is 0 Å². The molecule has 1 aliphatic rings. The summed E-state index contributed by atoms with van der Waals surface area (Å²) in [7, 11) is -1.77. The third-order valence-electron chi connectivity index (χ3n) is 5.46. The lowest BCUT2D eigenvalue weighted by molar-refractivity contribution is -0.141. The molecule has 1 aliphatic carbocycles. The Morgan fingerprint density at radius 1 is 1.17 bits per heavy atom. The number of ketones is 1. The number of carbonyl (C=O) groups excluding carboxylic acids is 1. The maximum atomic E-state index is 13.2. The van der Waals surface area contributed by atoms with Gasteiger partial charge in [-0.2, -0.15) is 0 Å². The Kier molecular flexibility index (Phi) is 5.46. The maximum Gasteiger partial charge on any atom is 0.184 e. The van der Waals surface area contributed by atoms with Crippen LogP contribution < -0.4 is 0 Å². The standard InChI is InChI=1S/C21H34O2Si/c1-20(2,3)17-13-14-21(4,18(22)15-17)19(23-24(5,6)7)16-11-9-8-10-12-16/h8-12,17,19H,13-15H2,1-7H3/t17-,19+,21-/m0/s1. The lowest BCUT2D eigenvalue weighted by Crippen LogP contribution is -2.45. The summed E-state index contributed by atoms with van der Waals surface area (Å²) in [6.45, 7) is 15.5. The van der Waals surface area contributed by atoms with Crippen molar-refractivity contribution in [2.24, 2.45) is 16.7 Å². The van der Waals surface area contributed by atoms with Gasteiger partial charge in [-0.25, -0.2) is 0 Å². The summed E-state index contributed by atoms with van der Waals surface area (Å²) in [5.74, 6) is 0.849. The Hall–Kier alpha value is -0.933. The van der Waals surface area contributed by atoms with E-state index in [9.17, 15) is 4.79 Å². The fourth-order valence-electron chi connectivity index (χ4n) is 3.74. The molecule has 3 atom stereocenters. The molecule has 2 nitrogen and oxygen atoms in total. The molecule has 3 heteroatoms. The second-order valence-corrected chi connectivity index (χ2v) is 14.1. The third-order valence-corrected chi connectivity index (χ3v) is 6.40. The molecule has 1 saturated carbocycles. The van der Waals surface area contributed by atoms with E-state index in [2.05, 4.69) is 59.5 Å². The topological polar surface area (TPSA) is 26.3 Å². The minimum atomic E-state index is -1.77. The molecule has 0 saturated heterocycles. The van der Waals surface area contributed by atoms with Gasteiger partial charge < -0.3 is 4.43 Å². The predicted molar refractivity (Wildman–Crippen MR) is 104 cm³/mol. The lowest BCUT2D eigenvalue weighted by Gasteiger charge is -2.46. The molecule has 0 aromatic heterocycles. The van der Waals surface area contributed by atoms with E-state index in [-0.39, 0.29) is 11.5 Å². The highest BCUT2D eigenvalue weighted by Gasteiger charge is 2.48. The first-order chi connectivity index (χ1) is 10.9. The molecule has 0 heterocycles. The second-order valence-electron chi connectivity index (χ2n) is 9.67. The first-order valence-corrected chi connectivity index (χ1v) is 12.6. The summed E-state index contributed by atoms with van der Waals surface area (Å²) in [4.78, 5) is 13.2. The normalized spacial score (nSPS) is 27.1. The van der Waals surface area contributed by atoms with Gasteiger partial charge in [0.25, 0.3) is 0 Å². The summed E-state index contributed by atoms with van der Waals surface area (Å²) in [5, 5.41) is 0. The van der Waals surface area contributed by atoms with Crippen LogP contribution >= 0.6 is 0 Å². The van der Waals surface area contributed by atoms with E-state index in [4.69, 9.17) is 4.43 Å². The number of benzene rings is 1. The zero-order chi connectivity index (χ0) is 18.2. The van der Waals surface area contributed by atoms with Crippen molar-refractivity contribution in [2.45, 2.75) is 72.7 Å². The number of hydrogen-bond acceptors (Lipinski definition) is 2. The van der Waals surface area contributed by atoms with E-state index in [0.29, 0.717) is 18.1 Å². The molecule has 1 fully saturated rings. The zero-order valence-electron chi connectivity index (χ0n) is 16.5. The maximum absolute atomic E-state index is 13.2. The van der Waals surface area contributed by atoms with Crippen molar-refractivity contribution >= 4 is 14.1 Å². The SMILES string of the molecule is CC(C)(C)[C@H]1CC[C@](C)([C@H](O[Si](C)(C)C)c2ccccc2)C(=O)C1. The number of hydrogen-bond donors (Lipinski definition) is 0. The van der Waals surface area contributed by atoms with Crippen LogP contribution in [-0.2, 0) is 9.22 Å². The van der Waals surface area contributed by atoms with Crippen LogP contribution in [0.25, 0.3) is 0 Å². The largest absolute Gasteiger partial charge is 0.410 e. The van der Waals surface area contributed by atoms with Crippen LogP contribution in [0.2, 0.25) is 19.6 Å². The highest BCUT2D eigenvalue weighted by molar-refractivity contribution is 6.69. The first-order valence-electron chi connectivity index (χ1n) is 9.19. The van der Waals surface area contributed by atoms with Crippen molar-refractivity contribution < 1.29 is 9.22 Å². The van der Waals surface area contributed by atoms with Crippen LogP contribution in [0.4, 0.5) is 0 Å². The minimum absolute atomic E-state index is 0.126. The molecule has 2 rings (SSSR count). The Morgan fingerprint density at radius 2 is 1.75 bits per heavy atom. The molecule has 1 aromatic rings. The second kappa shape index (κ2) is 6.76. The van der Waals surface area contributed by atoms with Gasteiger partial charge in [-0.1, -0.05) is 51.1 Å². The molecule has 0 radical (unpaired) electrons. The van der Waals surface area contributed by atoms with Gasteiger partial charge in [0, 0.05) is 6.42 Å². The molecular formula is C21H34O2Si. The van der Waals surface area contributed by atoms with E-state index in [1.807, 2.05) is 18.2 Å². The number of carbonyl (C=O) groups is 1. The van der Waals surface area contributed by atoms with Crippen molar-refractivity contribution in [3.63, 3.8) is 0 Å². The van der Waals surface area contributed by atoms with E-state index in [0.717, 1.165) is 18.4 Å². The highest BCUT2D eigenvalue weighted by atomic mass is 28.4. The summed E-state index contributed by atoms with van der Waals surface area (Å²) in [6.07, 6.45) is 2.57. The van der Waals surface area contributed by atoms with Crippen LogP contribution in [0.1, 0.15) is 58.6 Å². The Balaban J connectivity index is 2.34. The van der Waals surface area contributed by atoms with Gasteiger partial charge in [0.2, 0.25) is 0 Å². The van der Waals surface area contributed by atoms with Gasteiger partial charge >= 0.3 is 0 Å². The fourth-order valence-corrected chi connectivity index (χ4v) is 4.84. The average molecular weight is 347 g/mol. The van der Waals surface area contributed by atoms with E-state index in [1.165, 1.54) is 0 Å². The molecule has 134 valence electrons. The van der Waals surface area contributed by atoms with Crippen molar-refractivity contribution in [3.8, 4) is 0 Å². The molecule has 0 aliphatic heterocycles. The van der Waals surface area contributed by atoms with Crippen molar-refractivity contribution in [1.29, 1.82) is 0 Å². The first kappa shape index (κ1) is 19.4.